The summed E-state index contributed by atoms with van der Waals surface area (Å²) < 4.78 is 1.44. The molecule has 0 radical (unpaired) electrons. The molecule has 1 atom stereocenters. The molecular weight excluding hydrogens is 378 g/mol. The molecule has 2 aromatic carbocycles. The van der Waals surface area contributed by atoms with Gasteiger partial charge in [0.15, 0.2) is 5.69 Å². The fraction of sp³-hybridized carbons (Fsp3) is 0.261. The van der Waals surface area contributed by atoms with Crippen LogP contribution >= 0.6 is 0 Å². The number of aromatic nitrogens is 2. The fourth-order valence-corrected chi connectivity index (χ4v) is 3.83. The number of nitrogens with two attached hydrogens (primary N) is 1. The van der Waals surface area contributed by atoms with Crippen molar-refractivity contribution in [2.24, 2.45) is 5.73 Å². The Morgan fingerprint density at radius 2 is 1.70 bits per heavy atom. The Kier molecular flexibility index (Phi) is 5.63. The van der Waals surface area contributed by atoms with Crippen LogP contribution in [0.5, 0.6) is 0 Å². The van der Waals surface area contributed by atoms with Gasteiger partial charge in [-0.25, -0.2) is 4.68 Å². The van der Waals surface area contributed by atoms with Crippen LogP contribution in [-0.4, -0.2) is 64.1 Å². The predicted octanol–water partition coefficient (Wildman–Crippen LogP) is 1.97. The van der Waals surface area contributed by atoms with Gasteiger partial charge in [0.2, 0.25) is 0 Å². The number of carbonyl (C=O) groups excluding carboxylic acids is 2. The standard InChI is InChI=1S/C23H25N5O2/c1-26-12-13-27(16-19(26)14-17-8-4-2-5-9-17)23(30)20-15-21(22(24)29)28(25-20)18-10-6-3-7-11-18/h2-11,15,19H,12-14,16H2,1H3,(H2,24,29). The van der Waals surface area contributed by atoms with E-state index in [0.717, 1.165) is 13.0 Å². The van der Waals surface area contributed by atoms with Crippen molar-refractivity contribution >= 4 is 11.8 Å². The minimum absolute atomic E-state index is 0.182. The van der Waals surface area contributed by atoms with Gasteiger partial charge in [-0.1, -0.05) is 48.5 Å². The van der Waals surface area contributed by atoms with E-state index in [-0.39, 0.29) is 23.3 Å². The van der Waals surface area contributed by atoms with Crippen LogP contribution in [0, 0.1) is 0 Å². The fourth-order valence-electron chi connectivity index (χ4n) is 3.83. The molecule has 30 heavy (non-hydrogen) atoms. The van der Waals surface area contributed by atoms with Crippen LogP contribution in [0.25, 0.3) is 5.69 Å². The highest BCUT2D eigenvalue weighted by Crippen LogP contribution is 2.18. The monoisotopic (exact) mass is 403 g/mol. The van der Waals surface area contributed by atoms with E-state index in [9.17, 15) is 9.59 Å². The Balaban J connectivity index is 1.56. The van der Waals surface area contributed by atoms with E-state index in [1.165, 1.54) is 16.3 Å². The van der Waals surface area contributed by atoms with Gasteiger partial charge in [-0.15, -0.1) is 0 Å². The number of para-hydroxylation sites is 1. The summed E-state index contributed by atoms with van der Waals surface area (Å²) in [7, 11) is 2.09. The van der Waals surface area contributed by atoms with Crippen molar-refractivity contribution in [3.8, 4) is 5.69 Å². The first-order valence-corrected chi connectivity index (χ1v) is 10.0. The van der Waals surface area contributed by atoms with E-state index in [0.29, 0.717) is 18.8 Å². The lowest BCUT2D eigenvalue weighted by atomic mass is 10.0. The van der Waals surface area contributed by atoms with Gasteiger partial charge in [-0.3, -0.25) is 14.5 Å². The topological polar surface area (TPSA) is 84.5 Å². The lowest BCUT2D eigenvalue weighted by molar-refractivity contribution is 0.0541. The van der Waals surface area contributed by atoms with Crippen molar-refractivity contribution < 1.29 is 9.59 Å². The van der Waals surface area contributed by atoms with Crippen LogP contribution in [0.4, 0.5) is 0 Å². The second-order valence-corrected chi connectivity index (χ2v) is 7.60. The van der Waals surface area contributed by atoms with Gasteiger partial charge >= 0.3 is 0 Å². The van der Waals surface area contributed by atoms with Crippen LogP contribution in [0.3, 0.4) is 0 Å². The van der Waals surface area contributed by atoms with Crippen molar-refractivity contribution in [3.05, 3.63) is 83.7 Å². The van der Waals surface area contributed by atoms with Crippen LogP contribution in [0.2, 0.25) is 0 Å². The molecule has 2 N–H and O–H groups in total. The van der Waals surface area contributed by atoms with Gasteiger partial charge in [0.25, 0.3) is 11.8 Å². The molecule has 1 aliphatic heterocycles. The molecular formula is C23H25N5O2. The quantitative estimate of drug-likeness (QED) is 0.706. The summed E-state index contributed by atoms with van der Waals surface area (Å²) >= 11 is 0. The molecule has 3 aromatic rings. The Hall–Kier alpha value is -3.45. The third-order valence-electron chi connectivity index (χ3n) is 5.56. The highest BCUT2D eigenvalue weighted by atomic mass is 16.2. The van der Waals surface area contributed by atoms with Crippen molar-refractivity contribution in [2.75, 3.05) is 26.7 Å². The van der Waals surface area contributed by atoms with Crippen molar-refractivity contribution in [2.45, 2.75) is 12.5 Å². The zero-order valence-electron chi connectivity index (χ0n) is 16.9. The number of benzene rings is 2. The lowest BCUT2D eigenvalue weighted by Crippen LogP contribution is -2.54. The largest absolute Gasteiger partial charge is 0.364 e. The van der Waals surface area contributed by atoms with Crippen LogP contribution in [-0.2, 0) is 6.42 Å². The molecule has 1 aliphatic rings. The molecule has 0 aliphatic carbocycles. The summed E-state index contributed by atoms with van der Waals surface area (Å²) in [4.78, 5) is 29.2. The summed E-state index contributed by atoms with van der Waals surface area (Å²) in [5, 5.41) is 4.42. The Morgan fingerprint density at radius 1 is 1.03 bits per heavy atom. The number of hydrogen-bond donors (Lipinski definition) is 1. The SMILES string of the molecule is CN1CCN(C(=O)c2cc(C(N)=O)n(-c3ccccc3)n2)CC1Cc1ccccc1. The summed E-state index contributed by atoms with van der Waals surface area (Å²) in [6.45, 7) is 2.00. The maximum atomic E-state index is 13.2. The molecule has 1 aromatic heterocycles. The Labute approximate surface area is 175 Å². The van der Waals surface area contributed by atoms with Gasteiger partial charge in [0.05, 0.1) is 5.69 Å². The molecule has 1 fully saturated rings. The average Bonchev–Trinajstić information content (AvgIpc) is 3.22. The summed E-state index contributed by atoms with van der Waals surface area (Å²) in [5.74, 6) is -0.802. The van der Waals surface area contributed by atoms with E-state index >= 15 is 0 Å². The zero-order chi connectivity index (χ0) is 21.1. The van der Waals surface area contributed by atoms with Gasteiger partial charge in [0, 0.05) is 31.7 Å². The molecule has 0 bridgehead atoms. The highest BCUT2D eigenvalue weighted by molar-refractivity contribution is 5.97. The molecule has 0 spiro atoms. The summed E-state index contributed by atoms with van der Waals surface area (Å²) in [6.07, 6.45) is 0.867. The lowest BCUT2D eigenvalue weighted by Gasteiger charge is -2.39. The average molecular weight is 403 g/mol. The second kappa shape index (κ2) is 8.51. The van der Waals surface area contributed by atoms with Crippen LogP contribution < -0.4 is 5.73 Å². The number of carbonyl (C=O) groups is 2. The van der Waals surface area contributed by atoms with Crippen molar-refractivity contribution in [1.82, 2.24) is 19.6 Å². The van der Waals surface area contributed by atoms with E-state index in [1.807, 2.05) is 53.4 Å². The van der Waals surface area contributed by atoms with Crippen LogP contribution in [0.15, 0.2) is 66.7 Å². The van der Waals surface area contributed by atoms with E-state index < -0.39 is 5.91 Å². The highest BCUT2D eigenvalue weighted by Gasteiger charge is 2.30. The second-order valence-electron chi connectivity index (χ2n) is 7.60. The van der Waals surface area contributed by atoms with Crippen molar-refractivity contribution in [1.29, 1.82) is 0 Å². The minimum Gasteiger partial charge on any atom is -0.364 e. The van der Waals surface area contributed by atoms with Gasteiger partial charge in [-0.05, 0) is 31.2 Å². The summed E-state index contributed by atoms with van der Waals surface area (Å²) in [6, 6.07) is 21.2. The van der Waals surface area contributed by atoms with Crippen molar-refractivity contribution in [3.63, 3.8) is 0 Å². The molecule has 2 heterocycles. The number of amides is 2. The third kappa shape index (κ3) is 4.11. The number of nitrogens with zero attached hydrogens (tertiary/aromatic N) is 4. The molecule has 0 saturated carbocycles. The van der Waals surface area contributed by atoms with Gasteiger partial charge in [0.1, 0.15) is 5.69 Å². The molecule has 7 nitrogen and oxygen atoms in total. The number of piperazine rings is 1. The van der Waals surface area contributed by atoms with Gasteiger partial charge in [-0.2, -0.15) is 5.10 Å². The first kappa shape index (κ1) is 19.8. The maximum absolute atomic E-state index is 13.2. The predicted molar refractivity (Wildman–Crippen MR) is 115 cm³/mol. The number of hydrogen-bond acceptors (Lipinski definition) is 4. The third-order valence-corrected chi connectivity index (χ3v) is 5.56. The first-order chi connectivity index (χ1) is 14.5. The molecule has 1 unspecified atom stereocenters. The molecule has 4 rings (SSSR count). The smallest absolute Gasteiger partial charge is 0.274 e. The zero-order valence-corrected chi connectivity index (χ0v) is 16.9. The first-order valence-electron chi connectivity index (χ1n) is 10.0. The maximum Gasteiger partial charge on any atom is 0.274 e. The molecule has 1 saturated heterocycles. The molecule has 2 amide bonds. The van der Waals surface area contributed by atoms with E-state index in [4.69, 9.17) is 5.73 Å². The minimum atomic E-state index is -0.620. The summed E-state index contributed by atoms with van der Waals surface area (Å²) in [5.41, 5.74) is 7.89. The number of primary amides is 1. The number of rotatable bonds is 5. The molecule has 154 valence electrons. The molecule has 7 heteroatoms. The Bertz CT molecular complexity index is 1030. The van der Waals surface area contributed by atoms with E-state index in [1.54, 1.807) is 0 Å². The Morgan fingerprint density at radius 3 is 2.37 bits per heavy atom. The van der Waals surface area contributed by atoms with Crippen LogP contribution in [0.1, 0.15) is 26.5 Å². The van der Waals surface area contributed by atoms with E-state index in [2.05, 4.69) is 29.2 Å². The van der Waals surface area contributed by atoms with Gasteiger partial charge < -0.3 is 10.6 Å². The number of likely N-dealkylation sites (N-methyl/N-ethyl adjacent to an activating group) is 1. The normalized spacial score (nSPS) is 17.1.